The summed E-state index contributed by atoms with van der Waals surface area (Å²) in [5.74, 6) is 0. The first-order valence-electron chi connectivity index (χ1n) is 5.80. The Balaban J connectivity index is 2.16. The summed E-state index contributed by atoms with van der Waals surface area (Å²) in [5.41, 5.74) is 4.89. The highest BCUT2D eigenvalue weighted by molar-refractivity contribution is 9.10. The molecule has 0 amide bonds. The summed E-state index contributed by atoms with van der Waals surface area (Å²) < 4.78 is 3.11. The molecule has 0 saturated carbocycles. The SMILES string of the molecule is Cc1cc(CNc2cccc(Cl)c2Br)c(C)n1C. The molecule has 2 nitrogen and oxygen atoms in total. The number of aromatic nitrogens is 1. The fourth-order valence-electron chi connectivity index (χ4n) is 1.94. The van der Waals surface area contributed by atoms with Crippen LogP contribution in [0.25, 0.3) is 0 Å². The Kier molecular flexibility index (Phi) is 4.03. The van der Waals surface area contributed by atoms with Gasteiger partial charge in [0.25, 0.3) is 0 Å². The van der Waals surface area contributed by atoms with Crippen molar-refractivity contribution in [3.8, 4) is 0 Å². The highest BCUT2D eigenvalue weighted by atomic mass is 79.9. The van der Waals surface area contributed by atoms with E-state index in [2.05, 4.69) is 52.8 Å². The number of aryl methyl sites for hydroxylation is 1. The molecular weight excluding hydrogens is 312 g/mol. The van der Waals surface area contributed by atoms with E-state index in [4.69, 9.17) is 11.6 Å². The van der Waals surface area contributed by atoms with Gasteiger partial charge in [-0.15, -0.1) is 0 Å². The topological polar surface area (TPSA) is 17.0 Å². The predicted molar refractivity (Wildman–Crippen MR) is 81.4 cm³/mol. The van der Waals surface area contributed by atoms with E-state index in [9.17, 15) is 0 Å². The van der Waals surface area contributed by atoms with Crippen LogP contribution in [0.1, 0.15) is 17.0 Å². The molecule has 2 aromatic rings. The molecule has 0 atom stereocenters. The van der Waals surface area contributed by atoms with Gasteiger partial charge in [0.2, 0.25) is 0 Å². The van der Waals surface area contributed by atoms with Crippen LogP contribution in [0.2, 0.25) is 5.02 Å². The third kappa shape index (κ3) is 2.57. The second-order valence-corrected chi connectivity index (χ2v) is 5.61. The Morgan fingerprint density at radius 2 is 2.06 bits per heavy atom. The molecule has 0 saturated heterocycles. The number of nitrogens with one attached hydrogen (secondary N) is 1. The molecular formula is C14H16BrClN2. The second-order valence-electron chi connectivity index (χ2n) is 4.41. The first-order chi connectivity index (χ1) is 8.50. The van der Waals surface area contributed by atoms with Gasteiger partial charge in [0.15, 0.2) is 0 Å². The zero-order chi connectivity index (χ0) is 13.3. The van der Waals surface area contributed by atoms with Crippen LogP contribution in [0.5, 0.6) is 0 Å². The van der Waals surface area contributed by atoms with E-state index in [0.29, 0.717) is 0 Å². The number of rotatable bonds is 3. The fraction of sp³-hybridized carbons (Fsp3) is 0.286. The van der Waals surface area contributed by atoms with Crippen LogP contribution >= 0.6 is 27.5 Å². The van der Waals surface area contributed by atoms with Crippen LogP contribution in [-0.2, 0) is 13.6 Å². The van der Waals surface area contributed by atoms with E-state index in [-0.39, 0.29) is 0 Å². The monoisotopic (exact) mass is 326 g/mol. The number of anilines is 1. The number of benzene rings is 1. The van der Waals surface area contributed by atoms with Crippen molar-refractivity contribution in [3.05, 3.63) is 50.7 Å². The van der Waals surface area contributed by atoms with Crippen LogP contribution in [-0.4, -0.2) is 4.57 Å². The lowest BCUT2D eigenvalue weighted by atomic mass is 10.2. The van der Waals surface area contributed by atoms with Gasteiger partial charge >= 0.3 is 0 Å². The molecule has 0 aliphatic carbocycles. The van der Waals surface area contributed by atoms with Gasteiger partial charge in [-0.1, -0.05) is 17.7 Å². The van der Waals surface area contributed by atoms with Crippen LogP contribution in [0.4, 0.5) is 5.69 Å². The highest BCUT2D eigenvalue weighted by Crippen LogP contribution is 2.30. The standard InChI is InChI=1S/C14H16BrClN2/c1-9-7-11(10(2)18(9)3)8-17-13-6-4-5-12(16)14(13)15/h4-7,17H,8H2,1-3H3. The molecule has 18 heavy (non-hydrogen) atoms. The van der Waals surface area contributed by atoms with Gasteiger partial charge in [-0.25, -0.2) is 0 Å². The van der Waals surface area contributed by atoms with Crippen LogP contribution < -0.4 is 5.32 Å². The van der Waals surface area contributed by atoms with Gasteiger partial charge in [-0.3, -0.25) is 0 Å². The Labute approximate surface area is 121 Å². The van der Waals surface area contributed by atoms with Crippen molar-refractivity contribution < 1.29 is 0 Å². The van der Waals surface area contributed by atoms with Gasteiger partial charge in [0, 0.05) is 25.0 Å². The third-order valence-corrected chi connectivity index (χ3v) is 4.70. The summed E-state index contributed by atoms with van der Waals surface area (Å²) in [6, 6.07) is 8.04. The van der Waals surface area contributed by atoms with Crippen molar-refractivity contribution in [3.63, 3.8) is 0 Å². The van der Waals surface area contributed by atoms with Crippen molar-refractivity contribution >= 4 is 33.2 Å². The Hall–Kier alpha value is -0.930. The smallest absolute Gasteiger partial charge is 0.0593 e. The molecule has 1 heterocycles. The maximum atomic E-state index is 6.07. The van der Waals surface area contributed by atoms with Crippen molar-refractivity contribution in [2.24, 2.45) is 7.05 Å². The Bertz CT molecular complexity index is 575. The van der Waals surface area contributed by atoms with E-state index >= 15 is 0 Å². The average Bonchev–Trinajstić information content (AvgIpc) is 2.59. The van der Waals surface area contributed by atoms with E-state index < -0.39 is 0 Å². The normalized spacial score (nSPS) is 10.7. The lowest BCUT2D eigenvalue weighted by Gasteiger charge is -2.09. The summed E-state index contributed by atoms with van der Waals surface area (Å²) in [4.78, 5) is 0. The zero-order valence-electron chi connectivity index (χ0n) is 10.7. The molecule has 4 heteroatoms. The van der Waals surface area contributed by atoms with Crippen LogP contribution in [0.3, 0.4) is 0 Å². The van der Waals surface area contributed by atoms with Crippen molar-refractivity contribution in [1.82, 2.24) is 4.57 Å². The average molecular weight is 328 g/mol. The summed E-state index contributed by atoms with van der Waals surface area (Å²) in [6.45, 7) is 5.05. The van der Waals surface area contributed by atoms with Gasteiger partial charge in [-0.2, -0.15) is 0 Å². The number of nitrogens with zero attached hydrogens (tertiary/aromatic N) is 1. The molecule has 2 rings (SSSR count). The van der Waals surface area contributed by atoms with E-state index in [0.717, 1.165) is 21.7 Å². The first-order valence-corrected chi connectivity index (χ1v) is 6.97. The molecule has 0 radical (unpaired) electrons. The third-order valence-electron chi connectivity index (χ3n) is 3.30. The molecule has 0 unspecified atom stereocenters. The van der Waals surface area contributed by atoms with E-state index in [1.165, 1.54) is 17.0 Å². The largest absolute Gasteiger partial charge is 0.380 e. The van der Waals surface area contributed by atoms with Crippen LogP contribution in [0.15, 0.2) is 28.7 Å². The zero-order valence-corrected chi connectivity index (χ0v) is 13.1. The Morgan fingerprint density at radius 1 is 1.33 bits per heavy atom. The quantitative estimate of drug-likeness (QED) is 0.867. The molecule has 1 aromatic carbocycles. The van der Waals surface area contributed by atoms with Gasteiger partial charge < -0.3 is 9.88 Å². The number of hydrogen-bond acceptors (Lipinski definition) is 1. The maximum absolute atomic E-state index is 6.07. The lowest BCUT2D eigenvalue weighted by Crippen LogP contribution is -2.02. The van der Waals surface area contributed by atoms with Gasteiger partial charge in [0.1, 0.15) is 0 Å². The molecule has 1 aromatic heterocycles. The van der Waals surface area contributed by atoms with Crippen molar-refractivity contribution in [2.45, 2.75) is 20.4 Å². The minimum Gasteiger partial charge on any atom is -0.380 e. The first kappa shape index (κ1) is 13.5. The summed E-state index contributed by atoms with van der Waals surface area (Å²) in [6.07, 6.45) is 0. The Morgan fingerprint density at radius 3 is 2.67 bits per heavy atom. The van der Waals surface area contributed by atoms with Gasteiger partial charge in [0.05, 0.1) is 15.2 Å². The molecule has 0 aliphatic rings. The second kappa shape index (κ2) is 5.37. The molecule has 0 bridgehead atoms. The summed E-state index contributed by atoms with van der Waals surface area (Å²) in [5, 5.41) is 4.13. The molecule has 0 aliphatic heterocycles. The lowest BCUT2D eigenvalue weighted by molar-refractivity contribution is 0.837. The minimum absolute atomic E-state index is 0.723. The molecule has 96 valence electrons. The fourth-order valence-corrected chi connectivity index (χ4v) is 2.52. The van der Waals surface area contributed by atoms with Crippen molar-refractivity contribution in [2.75, 3.05) is 5.32 Å². The highest BCUT2D eigenvalue weighted by Gasteiger charge is 2.07. The number of halogens is 2. The van der Waals surface area contributed by atoms with Crippen LogP contribution in [0, 0.1) is 13.8 Å². The molecule has 0 fully saturated rings. The summed E-state index contributed by atoms with van der Waals surface area (Å²) >= 11 is 9.56. The molecule has 1 N–H and O–H groups in total. The van der Waals surface area contributed by atoms with Crippen molar-refractivity contribution in [1.29, 1.82) is 0 Å². The van der Waals surface area contributed by atoms with Gasteiger partial charge in [-0.05, 0) is 53.5 Å². The maximum Gasteiger partial charge on any atom is 0.0593 e. The molecule has 0 spiro atoms. The number of hydrogen-bond donors (Lipinski definition) is 1. The van der Waals surface area contributed by atoms with E-state index in [1.807, 2.05) is 18.2 Å². The summed E-state index contributed by atoms with van der Waals surface area (Å²) in [7, 11) is 2.09. The minimum atomic E-state index is 0.723. The predicted octanol–water partition coefficient (Wildman–Crippen LogP) is 4.67. The van der Waals surface area contributed by atoms with E-state index in [1.54, 1.807) is 0 Å².